The van der Waals surface area contributed by atoms with Gasteiger partial charge in [0.15, 0.2) is 25.0 Å². The molecule has 0 saturated heterocycles. The fourth-order valence-electron chi connectivity index (χ4n) is 4.72. The van der Waals surface area contributed by atoms with E-state index in [0.29, 0.717) is 6.04 Å². The third-order valence-corrected chi connectivity index (χ3v) is 5.87. The first-order chi connectivity index (χ1) is 12.3. The first kappa shape index (κ1) is 13.3. The fourth-order valence-corrected chi connectivity index (χ4v) is 4.72. The molecular weight excluding hydrogens is 304 g/mol. The maximum absolute atomic E-state index is 2.39. The summed E-state index contributed by atoms with van der Waals surface area (Å²) in [6.45, 7) is 3.26. The van der Waals surface area contributed by atoms with Crippen molar-refractivity contribution in [1.82, 2.24) is 0 Å². The quantitative estimate of drug-likeness (QED) is 0.380. The number of fused-ring (bicyclic) bond motifs is 9. The van der Waals surface area contributed by atoms with Crippen molar-refractivity contribution in [2.24, 2.45) is 0 Å². The van der Waals surface area contributed by atoms with Crippen molar-refractivity contribution < 1.29 is 9.13 Å². The predicted octanol–water partition coefficient (Wildman–Crippen LogP) is 4.03. The lowest BCUT2D eigenvalue weighted by Gasteiger charge is -2.07. The Morgan fingerprint density at radius 1 is 0.760 bits per heavy atom. The Kier molecular flexibility index (Phi) is 2.42. The number of benzene rings is 2. The largest absolute Gasteiger partial charge is 0.214 e. The van der Waals surface area contributed by atoms with E-state index in [1.54, 1.807) is 0 Å². The normalized spacial score (nSPS) is 16.4. The van der Waals surface area contributed by atoms with Gasteiger partial charge in [0, 0.05) is 42.3 Å². The van der Waals surface area contributed by atoms with Crippen molar-refractivity contribution in [3.8, 4) is 22.5 Å². The molecule has 2 nitrogen and oxygen atoms in total. The van der Waals surface area contributed by atoms with Crippen LogP contribution < -0.4 is 9.13 Å². The van der Waals surface area contributed by atoms with Gasteiger partial charge in [-0.25, -0.2) is 0 Å². The van der Waals surface area contributed by atoms with E-state index in [9.17, 15) is 0 Å². The summed E-state index contributed by atoms with van der Waals surface area (Å²) in [6.07, 6.45) is 4.38. The molecule has 0 bridgehead atoms. The van der Waals surface area contributed by atoms with E-state index >= 15 is 0 Å². The minimum absolute atomic E-state index is 0.394. The number of rotatable bonds is 0. The van der Waals surface area contributed by atoms with Gasteiger partial charge >= 0.3 is 0 Å². The van der Waals surface area contributed by atoms with E-state index in [0.717, 1.165) is 6.54 Å². The van der Waals surface area contributed by atoms with Crippen LogP contribution in [0.25, 0.3) is 33.3 Å². The van der Waals surface area contributed by atoms with Crippen molar-refractivity contribution in [2.45, 2.75) is 19.5 Å². The Labute approximate surface area is 146 Å². The van der Waals surface area contributed by atoms with Crippen molar-refractivity contribution in [3.63, 3.8) is 0 Å². The van der Waals surface area contributed by atoms with Gasteiger partial charge in [0.1, 0.15) is 0 Å². The Morgan fingerprint density at radius 3 is 2.44 bits per heavy atom. The van der Waals surface area contributed by atoms with Crippen LogP contribution in [0, 0.1) is 0 Å². The van der Waals surface area contributed by atoms with Gasteiger partial charge in [0.2, 0.25) is 11.4 Å². The molecule has 0 spiro atoms. The van der Waals surface area contributed by atoms with E-state index in [2.05, 4.69) is 89.1 Å². The van der Waals surface area contributed by atoms with Crippen molar-refractivity contribution in [1.29, 1.82) is 0 Å². The van der Waals surface area contributed by atoms with Crippen molar-refractivity contribution in [2.75, 3.05) is 0 Å². The van der Waals surface area contributed by atoms with E-state index in [1.807, 2.05) is 0 Å². The zero-order chi connectivity index (χ0) is 16.5. The topological polar surface area (TPSA) is 7.76 Å². The molecule has 1 unspecified atom stereocenters. The summed E-state index contributed by atoms with van der Waals surface area (Å²) in [5.74, 6) is 0. The summed E-state index contributed by atoms with van der Waals surface area (Å²) in [5, 5.41) is 2.75. The predicted molar refractivity (Wildman–Crippen MR) is 98.1 cm³/mol. The highest BCUT2D eigenvalue weighted by Crippen LogP contribution is 2.42. The van der Waals surface area contributed by atoms with E-state index in [4.69, 9.17) is 0 Å². The fraction of sp³-hybridized carbons (Fsp3) is 0.130. The number of nitrogens with zero attached hydrogens (tertiary/aromatic N) is 2. The summed E-state index contributed by atoms with van der Waals surface area (Å²) in [5.41, 5.74) is 8.32. The second-order valence-electron chi connectivity index (χ2n) is 7.11. The SMILES string of the molecule is CC1c2ccc3c4c(ccc3c2-c2cccc[n+]21)C[n+]1ccccc1-4. The molecule has 25 heavy (non-hydrogen) atoms. The second kappa shape index (κ2) is 4.54. The van der Waals surface area contributed by atoms with Crippen LogP contribution in [0.1, 0.15) is 24.1 Å². The molecular formula is C23H18N2+2. The highest BCUT2D eigenvalue weighted by molar-refractivity contribution is 6.05. The molecule has 2 aromatic heterocycles. The number of aromatic nitrogens is 2. The molecule has 118 valence electrons. The number of pyridine rings is 2. The van der Waals surface area contributed by atoms with Crippen LogP contribution in [0.15, 0.2) is 73.1 Å². The summed E-state index contributed by atoms with van der Waals surface area (Å²) >= 11 is 0. The Hall–Kier alpha value is -3.00. The molecule has 0 N–H and O–H groups in total. The molecule has 0 saturated carbocycles. The molecule has 4 heterocycles. The highest BCUT2D eigenvalue weighted by atomic mass is 15.0. The van der Waals surface area contributed by atoms with E-state index in [-0.39, 0.29) is 0 Å². The van der Waals surface area contributed by atoms with Gasteiger partial charge in [0.25, 0.3) is 0 Å². The molecule has 0 radical (unpaired) electrons. The Morgan fingerprint density at radius 2 is 1.52 bits per heavy atom. The van der Waals surface area contributed by atoms with Crippen LogP contribution >= 0.6 is 0 Å². The zero-order valence-electron chi connectivity index (χ0n) is 14.1. The van der Waals surface area contributed by atoms with Crippen LogP contribution in [-0.2, 0) is 6.54 Å². The molecule has 0 amide bonds. The Balaban J connectivity index is 1.75. The molecule has 1 atom stereocenters. The molecule has 2 heteroatoms. The summed E-state index contributed by atoms with van der Waals surface area (Å²) in [4.78, 5) is 0. The zero-order valence-corrected chi connectivity index (χ0v) is 14.1. The molecule has 2 aromatic carbocycles. The molecule has 2 aliphatic heterocycles. The van der Waals surface area contributed by atoms with Gasteiger partial charge in [-0.15, -0.1) is 0 Å². The lowest BCUT2D eigenvalue weighted by Crippen LogP contribution is -2.35. The van der Waals surface area contributed by atoms with Gasteiger partial charge in [-0.3, -0.25) is 0 Å². The summed E-state index contributed by atoms with van der Waals surface area (Å²) < 4.78 is 4.74. The molecule has 2 aliphatic rings. The maximum atomic E-state index is 2.39. The van der Waals surface area contributed by atoms with E-state index in [1.165, 1.54) is 44.4 Å². The van der Waals surface area contributed by atoms with Gasteiger partial charge in [-0.1, -0.05) is 24.3 Å². The average Bonchev–Trinajstić information content (AvgIpc) is 3.18. The van der Waals surface area contributed by atoms with Crippen molar-refractivity contribution in [3.05, 3.63) is 84.2 Å². The molecule has 4 aromatic rings. The van der Waals surface area contributed by atoms with Gasteiger partial charge < -0.3 is 0 Å². The first-order valence-electron chi connectivity index (χ1n) is 8.91. The van der Waals surface area contributed by atoms with Gasteiger partial charge in [-0.05, 0) is 22.9 Å². The van der Waals surface area contributed by atoms with Gasteiger partial charge in [-0.2, -0.15) is 9.13 Å². The van der Waals surface area contributed by atoms with Crippen LogP contribution in [0.2, 0.25) is 0 Å². The van der Waals surface area contributed by atoms with Crippen LogP contribution in [0.4, 0.5) is 0 Å². The third-order valence-electron chi connectivity index (χ3n) is 5.87. The molecule has 6 rings (SSSR count). The average molecular weight is 322 g/mol. The maximum Gasteiger partial charge on any atom is 0.214 e. The lowest BCUT2D eigenvalue weighted by molar-refractivity contribution is -0.694. The minimum Gasteiger partial charge on any atom is -0.194 e. The standard InChI is InChI=1S/C23H18N2/c1-15-17-10-11-18-19(23(17)21-7-3-5-13-25(15)21)9-8-16-14-24-12-4-2-6-20(24)22(16)18/h2-13,15H,14H2,1H3/q+2. The minimum atomic E-state index is 0.394. The monoisotopic (exact) mass is 322 g/mol. The number of hydrogen-bond donors (Lipinski definition) is 0. The Bertz CT molecular complexity index is 1190. The third kappa shape index (κ3) is 1.59. The van der Waals surface area contributed by atoms with Crippen LogP contribution in [0.5, 0.6) is 0 Å². The second-order valence-corrected chi connectivity index (χ2v) is 7.11. The highest BCUT2D eigenvalue weighted by Gasteiger charge is 2.36. The summed E-state index contributed by atoms with van der Waals surface area (Å²) in [6, 6.07) is 22.7. The van der Waals surface area contributed by atoms with Crippen LogP contribution in [-0.4, -0.2) is 0 Å². The van der Waals surface area contributed by atoms with E-state index < -0.39 is 0 Å². The number of hydrogen-bond acceptors (Lipinski definition) is 0. The summed E-state index contributed by atoms with van der Waals surface area (Å²) in [7, 11) is 0. The molecule has 0 fully saturated rings. The first-order valence-corrected chi connectivity index (χ1v) is 8.91. The van der Waals surface area contributed by atoms with Crippen LogP contribution in [0.3, 0.4) is 0 Å². The molecule has 0 aliphatic carbocycles. The van der Waals surface area contributed by atoms with Gasteiger partial charge in [0.05, 0.1) is 11.1 Å². The smallest absolute Gasteiger partial charge is 0.194 e. The van der Waals surface area contributed by atoms with Crippen molar-refractivity contribution >= 4 is 10.8 Å². The lowest BCUT2D eigenvalue weighted by atomic mass is 9.91.